The molecule has 0 N–H and O–H groups in total. The molecule has 3 aliphatic rings. The van der Waals surface area contributed by atoms with Crippen molar-refractivity contribution in [1.29, 1.82) is 0 Å². The summed E-state index contributed by atoms with van der Waals surface area (Å²) in [4.78, 5) is 0. The SMILES string of the molecule is Brc1cccc2c1C1C=C(c3cccc(-c4cccc(C5C=CC=CC=C5)c4)c3)C=CC1O2. The first kappa shape index (κ1) is 20.3. The molecule has 2 atom stereocenters. The van der Waals surface area contributed by atoms with Gasteiger partial charge in [0.1, 0.15) is 11.9 Å². The third-order valence-electron chi connectivity index (χ3n) is 6.56. The zero-order chi connectivity index (χ0) is 22.2. The topological polar surface area (TPSA) is 9.23 Å². The number of halogens is 1. The first-order valence-corrected chi connectivity index (χ1v) is 12.1. The average Bonchev–Trinajstić information content (AvgIpc) is 3.02. The molecule has 0 amide bonds. The fourth-order valence-corrected chi connectivity index (χ4v) is 5.50. The van der Waals surface area contributed by atoms with Crippen molar-refractivity contribution in [3.05, 3.63) is 143 Å². The molecule has 1 heterocycles. The Balaban J connectivity index is 1.34. The van der Waals surface area contributed by atoms with Crippen molar-refractivity contribution in [2.75, 3.05) is 0 Å². The van der Waals surface area contributed by atoms with Crippen LogP contribution in [0, 0.1) is 0 Å². The van der Waals surface area contributed by atoms with Crippen LogP contribution >= 0.6 is 15.9 Å². The van der Waals surface area contributed by atoms with Gasteiger partial charge in [0, 0.05) is 21.9 Å². The molecule has 0 saturated heterocycles. The van der Waals surface area contributed by atoms with Gasteiger partial charge in [0.15, 0.2) is 0 Å². The molecule has 2 heteroatoms. The van der Waals surface area contributed by atoms with Crippen molar-refractivity contribution >= 4 is 21.5 Å². The Kier molecular flexibility index (Phi) is 5.24. The molecule has 0 spiro atoms. The van der Waals surface area contributed by atoms with Crippen LogP contribution in [-0.2, 0) is 0 Å². The van der Waals surface area contributed by atoms with Crippen LogP contribution in [0.5, 0.6) is 5.75 Å². The normalized spacial score (nSPS) is 20.7. The van der Waals surface area contributed by atoms with E-state index in [0.29, 0.717) is 5.92 Å². The van der Waals surface area contributed by atoms with Crippen LogP contribution in [0.3, 0.4) is 0 Å². The van der Waals surface area contributed by atoms with Crippen LogP contribution in [0.25, 0.3) is 16.7 Å². The predicted molar refractivity (Wildman–Crippen MR) is 140 cm³/mol. The highest BCUT2D eigenvalue weighted by atomic mass is 79.9. The molecule has 160 valence electrons. The smallest absolute Gasteiger partial charge is 0.128 e. The molecule has 6 rings (SSSR count). The Morgan fingerprint density at radius 3 is 2.27 bits per heavy atom. The summed E-state index contributed by atoms with van der Waals surface area (Å²) in [5.74, 6) is 1.50. The van der Waals surface area contributed by atoms with E-state index in [2.05, 4.69) is 131 Å². The molecular formula is C31H23BrO. The van der Waals surface area contributed by atoms with Gasteiger partial charge < -0.3 is 4.74 Å². The Morgan fingerprint density at radius 1 is 0.697 bits per heavy atom. The highest BCUT2D eigenvalue weighted by Gasteiger charge is 2.34. The van der Waals surface area contributed by atoms with Crippen molar-refractivity contribution in [3.8, 4) is 16.9 Å². The van der Waals surface area contributed by atoms with E-state index in [-0.39, 0.29) is 12.0 Å². The molecule has 33 heavy (non-hydrogen) atoms. The highest BCUT2D eigenvalue weighted by Crippen LogP contribution is 2.46. The minimum atomic E-state index is 0.0671. The van der Waals surface area contributed by atoms with Gasteiger partial charge in [-0.1, -0.05) is 113 Å². The van der Waals surface area contributed by atoms with Gasteiger partial charge in [-0.25, -0.2) is 0 Å². The van der Waals surface area contributed by atoms with E-state index in [1.165, 1.54) is 33.4 Å². The van der Waals surface area contributed by atoms with Gasteiger partial charge in [0.05, 0.1) is 0 Å². The van der Waals surface area contributed by atoms with Crippen molar-refractivity contribution in [1.82, 2.24) is 0 Å². The van der Waals surface area contributed by atoms with Crippen molar-refractivity contribution in [2.24, 2.45) is 0 Å². The minimum absolute atomic E-state index is 0.0671. The summed E-state index contributed by atoms with van der Waals surface area (Å²) in [5.41, 5.74) is 7.48. The third kappa shape index (κ3) is 3.85. The molecule has 2 unspecified atom stereocenters. The van der Waals surface area contributed by atoms with Gasteiger partial charge in [-0.05, 0) is 52.1 Å². The fourth-order valence-electron chi connectivity index (χ4n) is 4.89. The standard InChI is InChI=1S/C31H23BrO/c32-28-14-7-15-30-31(28)27-20-26(16-17-29(27)33-30)25-13-6-12-24(19-25)23-11-5-10-22(18-23)21-8-3-1-2-4-9-21/h1-21,27,29H. The molecule has 1 aliphatic heterocycles. The van der Waals surface area contributed by atoms with E-state index in [9.17, 15) is 0 Å². The van der Waals surface area contributed by atoms with E-state index >= 15 is 0 Å². The van der Waals surface area contributed by atoms with Gasteiger partial charge in [0.25, 0.3) is 0 Å². The van der Waals surface area contributed by atoms with Gasteiger partial charge in [-0.3, -0.25) is 0 Å². The Labute approximate surface area is 203 Å². The molecule has 0 fully saturated rings. The first-order valence-electron chi connectivity index (χ1n) is 11.3. The summed E-state index contributed by atoms with van der Waals surface area (Å²) < 4.78 is 7.28. The third-order valence-corrected chi connectivity index (χ3v) is 7.25. The largest absolute Gasteiger partial charge is 0.485 e. The maximum absolute atomic E-state index is 6.17. The maximum Gasteiger partial charge on any atom is 0.128 e. The molecule has 0 radical (unpaired) electrons. The van der Waals surface area contributed by atoms with Gasteiger partial charge in [-0.2, -0.15) is 0 Å². The summed E-state index contributed by atoms with van der Waals surface area (Å²) >= 11 is 3.73. The number of fused-ring (bicyclic) bond motifs is 3. The summed E-state index contributed by atoms with van der Waals surface area (Å²) in [6.07, 6.45) is 19.7. The van der Waals surface area contributed by atoms with Crippen molar-refractivity contribution in [2.45, 2.75) is 17.9 Å². The van der Waals surface area contributed by atoms with Crippen LogP contribution in [0.15, 0.2) is 126 Å². The predicted octanol–water partition coefficient (Wildman–Crippen LogP) is 8.38. The molecule has 3 aromatic rings. The first-order chi connectivity index (χ1) is 16.3. The second kappa shape index (κ2) is 8.53. The van der Waals surface area contributed by atoms with E-state index in [1.54, 1.807) is 0 Å². The van der Waals surface area contributed by atoms with Crippen LogP contribution in [0.1, 0.15) is 28.5 Å². The summed E-state index contributed by atoms with van der Waals surface area (Å²) in [7, 11) is 0. The molecule has 0 bridgehead atoms. The van der Waals surface area contributed by atoms with E-state index < -0.39 is 0 Å². The second-order valence-electron chi connectivity index (χ2n) is 8.63. The maximum atomic E-state index is 6.17. The number of benzene rings is 3. The Bertz CT molecular complexity index is 1360. The average molecular weight is 491 g/mol. The van der Waals surface area contributed by atoms with Gasteiger partial charge in [-0.15, -0.1) is 0 Å². The number of rotatable bonds is 3. The summed E-state index contributed by atoms with van der Waals surface area (Å²) in [6.45, 7) is 0. The fraction of sp³-hybridized carbons (Fsp3) is 0.0968. The quantitative estimate of drug-likeness (QED) is 0.358. The van der Waals surface area contributed by atoms with Crippen LogP contribution in [0.4, 0.5) is 0 Å². The van der Waals surface area contributed by atoms with E-state index in [0.717, 1.165) is 10.2 Å². The van der Waals surface area contributed by atoms with Crippen molar-refractivity contribution < 1.29 is 4.74 Å². The second-order valence-corrected chi connectivity index (χ2v) is 9.48. The summed E-state index contributed by atoms with van der Waals surface area (Å²) in [6, 6.07) is 23.9. The van der Waals surface area contributed by atoms with Gasteiger partial charge in [0.2, 0.25) is 0 Å². The summed E-state index contributed by atoms with van der Waals surface area (Å²) in [5, 5.41) is 0. The molecule has 2 aliphatic carbocycles. The lowest BCUT2D eigenvalue weighted by Gasteiger charge is -2.19. The molecule has 3 aromatic carbocycles. The monoisotopic (exact) mass is 490 g/mol. The van der Waals surface area contributed by atoms with Crippen LogP contribution < -0.4 is 4.74 Å². The lowest BCUT2D eigenvalue weighted by Crippen LogP contribution is -2.17. The van der Waals surface area contributed by atoms with Crippen LogP contribution in [0.2, 0.25) is 0 Å². The zero-order valence-corrected chi connectivity index (χ0v) is 19.7. The Morgan fingerprint density at radius 2 is 1.42 bits per heavy atom. The number of hydrogen-bond donors (Lipinski definition) is 0. The molecule has 0 saturated carbocycles. The highest BCUT2D eigenvalue weighted by molar-refractivity contribution is 9.10. The zero-order valence-electron chi connectivity index (χ0n) is 18.1. The number of ether oxygens (including phenoxy) is 1. The Hall–Kier alpha value is -3.36. The molecule has 0 aromatic heterocycles. The van der Waals surface area contributed by atoms with Crippen LogP contribution in [-0.4, -0.2) is 6.10 Å². The minimum Gasteiger partial charge on any atom is -0.485 e. The van der Waals surface area contributed by atoms with E-state index in [1.807, 2.05) is 6.07 Å². The van der Waals surface area contributed by atoms with Gasteiger partial charge >= 0.3 is 0 Å². The van der Waals surface area contributed by atoms with Crippen molar-refractivity contribution in [3.63, 3.8) is 0 Å². The van der Waals surface area contributed by atoms with E-state index in [4.69, 9.17) is 4.74 Å². The molecule has 1 nitrogen and oxygen atoms in total. The molecular weight excluding hydrogens is 468 g/mol. The lowest BCUT2D eigenvalue weighted by molar-refractivity contribution is 0.269. The number of hydrogen-bond acceptors (Lipinski definition) is 1. The number of allylic oxidation sites excluding steroid dienone is 8. The lowest BCUT2D eigenvalue weighted by atomic mass is 9.86.